The average molecular weight is 382 g/mol. The minimum Gasteiger partial charge on any atom is -0.354 e. The molecule has 0 N–H and O–H groups in total. The number of piperazine rings is 1. The molecule has 0 atom stereocenters. The standard InChI is InChI=1S/C21H24ClN5/c1-15(2)14-25-8-10-26(11-9-25)20-12-16(3)24-21-18(13-23-27(20)21)17-6-4-5-7-19(17)22/h4-7,12-13H,1,8-11,14H2,2-3H3. The molecule has 6 heteroatoms. The number of nitrogens with zero attached hydrogens (tertiary/aromatic N) is 5. The van der Waals surface area contributed by atoms with E-state index in [1.807, 2.05) is 41.9 Å². The molecule has 1 fully saturated rings. The predicted molar refractivity (Wildman–Crippen MR) is 112 cm³/mol. The Hall–Kier alpha value is -2.37. The van der Waals surface area contributed by atoms with E-state index in [1.54, 1.807) is 0 Å². The number of fused-ring (bicyclic) bond motifs is 1. The van der Waals surface area contributed by atoms with Gasteiger partial charge in [0.1, 0.15) is 5.82 Å². The van der Waals surface area contributed by atoms with Crippen molar-refractivity contribution in [3.8, 4) is 11.1 Å². The smallest absolute Gasteiger partial charge is 0.165 e. The van der Waals surface area contributed by atoms with Crippen LogP contribution in [-0.2, 0) is 0 Å². The summed E-state index contributed by atoms with van der Waals surface area (Å²) in [6.07, 6.45) is 1.86. The monoisotopic (exact) mass is 381 g/mol. The third-order valence-electron chi connectivity index (χ3n) is 4.93. The summed E-state index contributed by atoms with van der Waals surface area (Å²) in [5, 5.41) is 5.36. The Morgan fingerprint density at radius 2 is 1.89 bits per heavy atom. The topological polar surface area (TPSA) is 36.7 Å². The van der Waals surface area contributed by atoms with E-state index in [4.69, 9.17) is 16.6 Å². The Balaban J connectivity index is 1.69. The maximum atomic E-state index is 6.41. The first-order valence-corrected chi connectivity index (χ1v) is 9.62. The second kappa shape index (κ2) is 7.33. The molecule has 2 aromatic heterocycles. The van der Waals surface area contributed by atoms with Gasteiger partial charge in [-0.3, -0.25) is 4.90 Å². The van der Waals surface area contributed by atoms with Gasteiger partial charge in [-0.1, -0.05) is 42.0 Å². The second-order valence-corrected chi connectivity index (χ2v) is 7.66. The Labute approximate surface area is 164 Å². The number of halogens is 1. The highest BCUT2D eigenvalue weighted by atomic mass is 35.5. The molecule has 3 aromatic rings. The summed E-state index contributed by atoms with van der Waals surface area (Å²) in [6, 6.07) is 9.95. The van der Waals surface area contributed by atoms with Crippen LogP contribution in [0.1, 0.15) is 12.6 Å². The Bertz CT molecular complexity index is 985. The molecule has 0 radical (unpaired) electrons. The molecule has 0 unspecified atom stereocenters. The van der Waals surface area contributed by atoms with Crippen LogP contribution in [0, 0.1) is 6.92 Å². The highest BCUT2D eigenvalue weighted by molar-refractivity contribution is 6.33. The first-order valence-electron chi connectivity index (χ1n) is 9.25. The van der Waals surface area contributed by atoms with Crippen LogP contribution in [0.4, 0.5) is 5.82 Å². The minimum atomic E-state index is 0.714. The highest BCUT2D eigenvalue weighted by Crippen LogP contribution is 2.32. The van der Waals surface area contributed by atoms with Crippen molar-refractivity contribution < 1.29 is 0 Å². The third-order valence-corrected chi connectivity index (χ3v) is 5.26. The molecule has 0 saturated carbocycles. The van der Waals surface area contributed by atoms with Crippen LogP contribution in [0.25, 0.3) is 16.8 Å². The fourth-order valence-corrected chi connectivity index (χ4v) is 3.91. The molecule has 1 aromatic carbocycles. The first kappa shape index (κ1) is 18.0. The van der Waals surface area contributed by atoms with Crippen molar-refractivity contribution in [3.63, 3.8) is 0 Å². The lowest BCUT2D eigenvalue weighted by molar-refractivity contribution is 0.277. The van der Waals surface area contributed by atoms with Crippen LogP contribution in [0.2, 0.25) is 5.02 Å². The molecular weight excluding hydrogens is 358 g/mol. The first-order chi connectivity index (χ1) is 13.0. The summed E-state index contributed by atoms with van der Waals surface area (Å²) >= 11 is 6.41. The Kier molecular flexibility index (Phi) is 4.89. The third kappa shape index (κ3) is 3.57. The van der Waals surface area contributed by atoms with Crippen molar-refractivity contribution in [2.45, 2.75) is 13.8 Å². The molecule has 1 saturated heterocycles. The fraction of sp³-hybridized carbons (Fsp3) is 0.333. The van der Waals surface area contributed by atoms with Gasteiger partial charge in [0.05, 0.1) is 6.20 Å². The summed E-state index contributed by atoms with van der Waals surface area (Å²) in [5.74, 6) is 1.09. The maximum absolute atomic E-state index is 6.41. The number of anilines is 1. The lowest BCUT2D eigenvalue weighted by atomic mass is 10.1. The quantitative estimate of drug-likeness (QED) is 0.639. The molecule has 0 spiro atoms. The molecule has 140 valence electrons. The van der Waals surface area contributed by atoms with Crippen molar-refractivity contribution in [2.24, 2.45) is 0 Å². The van der Waals surface area contributed by atoms with Crippen molar-refractivity contribution >= 4 is 23.1 Å². The zero-order valence-electron chi connectivity index (χ0n) is 15.8. The normalized spacial score (nSPS) is 15.4. The minimum absolute atomic E-state index is 0.714. The number of hydrogen-bond acceptors (Lipinski definition) is 4. The Morgan fingerprint density at radius 1 is 1.15 bits per heavy atom. The zero-order valence-corrected chi connectivity index (χ0v) is 16.6. The molecule has 0 amide bonds. The van der Waals surface area contributed by atoms with E-state index in [0.29, 0.717) is 5.02 Å². The van der Waals surface area contributed by atoms with E-state index in [2.05, 4.69) is 34.5 Å². The number of rotatable bonds is 4. The van der Waals surface area contributed by atoms with Gasteiger partial charge in [0.15, 0.2) is 5.65 Å². The molecule has 3 heterocycles. The van der Waals surface area contributed by atoms with Crippen molar-refractivity contribution in [1.29, 1.82) is 0 Å². The SMILES string of the molecule is C=C(C)CN1CCN(c2cc(C)nc3c(-c4ccccc4Cl)cnn23)CC1. The van der Waals surface area contributed by atoms with E-state index in [0.717, 1.165) is 61.0 Å². The fourth-order valence-electron chi connectivity index (χ4n) is 3.68. The molecule has 0 aliphatic carbocycles. The summed E-state index contributed by atoms with van der Waals surface area (Å²) < 4.78 is 1.94. The van der Waals surface area contributed by atoms with Gasteiger partial charge >= 0.3 is 0 Å². The van der Waals surface area contributed by atoms with Gasteiger partial charge in [0.25, 0.3) is 0 Å². The van der Waals surface area contributed by atoms with Gasteiger partial charge in [-0.05, 0) is 19.9 Å². The molecule has 27 heavy (non-hydrogen) atoms. The molecule has 0 bridgehead atoms. The van der Waals surface area contributed by atoms with E-state index in [-0.39, 0.29) is 0 Å². The second-order valence-electron chi connectivity index (χ2n) is 7.25. The maximum Gasteiger partial charge on any atom is 0.165 e. The van der Waals surface area contributed by atoms with E-state index < -0.39 is 0 Å². The van der Waals surface area contributed by atoms with Crippen LogP contribution in [-0.4, -0.2) is 52.2 Å². The molecule has 1 aliphatic heterocycles. The average Bonchev–Trinajstić information content (AvgIpc) is 3.05. The van der Waals surface area contributed by atoms with Gasteiger partial charge in [-0.25, -0.2) is 4.98 Å². The van der Waals surface area contributed by atoms with Crippen LogP contribution < -0.4 is 4.90 Å². The number of aromatic nitrogens is 3. The number of benzene rings is 1. The van der Waals surface area contributed by atoms with E-state index >= 15 is 0 Å². The van der Waals surface area contributed by atoms with Crippen molar-refractivity contribution in [3.05, 3.63) is 59.4 Å². The van der Waals surface area contributed by atoms with Crippen molar-refractivity contribution in [2.75, 3.05) is 37.6 Å². The molecule has 5 nitrogen and oxygen atoms in total. The molecular formula is C21H24ClN5. The lowest BCUT2D eigenvalue weighted by Crippen LogP contribution is -2.47. The van der Waals surface area contributed by atoms with E-state index in [1.165, 1.54) is 5.57 Å². The number of hydrogen-bond donors (Lipinski definition) is 0. The van der Waals surface area contributed by atoms with Gasteiger partial charge < -0.3 is 4.90 Å². The van der Waals surface area contributed by atoms with Crippen LogP contribution in [0.3, 0.4) is 0 Å². The predicted octanol–water partition coefficient (Wildman–Crippen LogP) is 4.06. The summed E-state index contributed by atoms with van der Waals surface area (Å²) in [4.78, 5) is 9.59. The summed E-state index contributed by atoms with van der Waals surface area (Å²) in [7, 11) is 0. The number of aryl methyl sites for hydroxylation is 1. The van der Waals surface area contributed by atoms with Gasteiger partial charge in [-0.15, -0.1) is 0 Å². The van der Waals surface area contributed by atoms with Gasteiger partial charge in [-0.2, -0.15) is 9.61 Å². The van der Waals surface area contributed by atoms with Gasteiger partial charge in [0.2, 0.25) is 0 Å². The molecule has 1 aliphatic rings. The van der Waals surface area contributed by atoms with E-state index in [9.17, 15) is 0 Å². The van der Waals surface area contributed by atoms with Gasteiger partial charge in [0, 0.05) is 60.6 Å². The van der Waals surface area contributed by atoms with Crippen LogP contribution >= 0.6 is 11.6 Å². The Morgan fingerprint density at radius 3 is 2.59 bits per heavy atom. The summed E-state index contributed by atoms with van der Waals surface area (Å²) in [6.45, 7) is 13.1. The van der Waals surface area contributed by atoms with Crippen LogP contribution in [0.15, 0.2) is 48.7 Å². The zero-order chi connectivity index (χ0) is 19.0. The largest absolute Gasteiger partial charge is 0.354 e. The highest BCUT2D eigenvalue weighted by Gasteiger charge is 2.21. The molecule has 4 rings (SSSR count). The van der Waals surface area contributed by atoms with Crippen molar-refractivity contribution in [1.82, 2.24) is 19.5 Å². The lowest BCUT2D eigenvalue weighted by Gasteiger charge is -2.36. The van der Waals surface area contributed by atoms with Crippen LogP contribution in [0.5, 0.6) is 0 Å². The summed E-state index contributed by atoms with van der Waals surface area (Å²) in [5.41, 5.74) is 4.97.